The van der Waals surface area contributed by atoms with E-state index < -0.39 is 18.0 Å². The number of aromatic nitrogens is 2. The highest BCUT2D eigenvalue weighted by Gasteiger charge is 2.22. The number of carbonyl (C=O) groups excluding carboxylic acids is 3. The predicted molar refractivity (Wildman–Crippen MR) is 152 cm³/mol. The zero-order valence-electron chi connectivity index (χ0n) is 23.1. The lowest BCUT2D eigenvalue weighted by molar-refractivity contribution is -0.123. The van der Waals surface area contributed by atoms with Crippen LogP contribution in [0, 0.1) is 5.92 Å². The van der Waals surface area contributed by atoms with Crippen molar-refractivity contribution in [3.63, 3.8) is 0 Å². The van der Waals surface area contributed by atoms with Crippen molar-refractivity contribution in [2.24, 2.45) is 5.92 Å². The molecule has 0 aliphatic carbocycles. The Morgan fingerprint density at radius 3 is 2.62 bits per heavy atom. The summed E-state index contributed by atoms with van der Waals surface area (Å²) in [5.74, 6) is -0.231. The van der Waals surface area contributed by atoms with Crippen LogP contribution in [0.25, 0.3) is 10.9 Å². The molecule has 0 saturated heterocycles. The highest BCUT2D eigenvalue weighted by Crippen LogP contribution is 2.23. The quantitative estimate of drug-likeness (QED) is 0.323. The highest BCUT2D eigenvalue weighted by molar-refractivity contribution is 5.96. The average molecular weight is 536 g/mol. The van der Waals surface area contributed by atoms with Gasteiger partial charge in [-0.15, -0.1) is 0 Å². The van der Waals surface area contributed by atoms with Crippen LogP contribution in [-0.2, 0) is 27.3 Å². The van der Waals surface area contributed by atoms with E-state index in [2.05, 4.69) is 46.3 Å². The summed E-state index contributed by atoms with van der Waals surface area (Å²) in [6, 6.07) is 10.5. The van der Waals surface area contributed by atoms with Crippen molar-refractivity contribution in [1.82, 2.24) is 19.8 Å². The third kappa shape index (κ3) is 8.07. The molecule has 0 fully saturated rings. The second-order valence-electron chi connectivity index (χ2n) is 10.0. The van der Waals surface area contributed by atoms with Gasteiger partial charge in [-0.3, -0.25) is 14.4 Å². The van der Waals surface area contributed by atoms with Gasteiger partial charge in [0.25, 0.3) is 5.56 Å². The van der Waals surface area contributed by atoms with Crippen molar-refractivity contribution in [3.05, 3.63) is 76.4 Å². The Balaban J connectivity index is 1.75. The summed E-state index contributed by atoms with van der Waals surface area (Å²) in [4.78, 5) is 54.6. The molecule has 3 rings (SSSR count). The number of alkyl carbamates (subject to hydrolysis) is 1. The lowest BCUT2D eigenvalue weighted by atomic mass is 10.00. The summed E-state index contributed by atoms with van der Waals surface area (Å²) in [7, 11) is 4.47. The lowest BCUT2D eigenvalue weighted by Gasteiger charge is -2.17. The van der Waals surface area contributed by atoms with E-state index in [0.717, 1.165) is 23.0 Å². The maximum atomic E-state index is 13.2. The molecule has 10 heteroatoms. The number of hydrogen-bond donors (Lipinski definition) is 3. The molecule has 39 heavy (non-hydrogen) atoms. The van der Waals surface area contributed by atoms with Gasteiger partial charge < -0.3 is 29.8 Å². The standard InChI is InChI=1S/C29H37N5O5/c1-19(2)16-20-10-8-12-23-22(20)17-21(30-23)18-34-15-9-13-25(28(34)37)31-27(36)24(32-29(38)39-5)11-6-7-14-26(35)33(3)4/h7-10,12-15,17,19,24,30H,6,11,16,18H2,1-5H3,(H,31,36)(H,32,38)/b14-7+. The first-order chi connectivity index (χ1) is 18.6. The molecule has 0 aliphatic heterocycles. The van der Waals surface area contributed by atoms with Crippen LogP contribution in [0.4, 0.5) is 10.5 Å². The van der Waals surface area contributed by atoms with Crippen molar-refractivity contribution in [1.29, 1.82) is 0 Å². The summed E-state index contributed by atoms with van der Waals surface area (Å²) < 4.78 is 6.16. The number of fused-ring (bicyclic) bond motifs is 1. The number of likely N-dealkylation sites (N-methyl/N-ethyl adjacent to an activating group) is 1. The van der Waals surface area contributed by atoms with Gasteiger partial charge in [0.05, 0.1) is 13.7 Å². The smallest absolute Gasteiger partial charge is 0.407 e. The molecular formula is C29H37N5O5. The topological polar surface area (TPSA) is 126 Å². The molecule has 1 aromatic carbocycles. The zero-order chi connectivity index (χ0) is 28.5. The number of nitrogens with zero attached hydrogens (tertiary/aromatic N) is 2. The van der Waals surface area contributed by atoms with E-state index in [1.807, 2.05) is 12.1 Å². The van der Waals surface area contributed by atoms with Gasteiger partial charge in [-0.25, -0.2) is 4.79 Å². The molecule has 1 unspecified atom stereocenters. The number of amides is 3. The first kappa shape index (κ1) is 29.2. The summed E-state index contributed by atoms with van der Waals surface area (Å²) >= 11 is 0. The summed E-state index contributed by atoms with van der Waals surface area (Å²) in [5.41, 5.74) is 2.85. The minimum atomic E-state index is -0.974. The van der Waals surface area contributed by atoms with Crippen molar-refractivity contribution in [2.75, 3.05) is 26.5 Å². The zero-order valence-corrected chi connectivity index (χ0v) is 23.1. The van der Waals surface area contributed by atoms with Gasteiger partial charge in [-0.1, -0.05) is 32.1 Å². The van der Waals surface area contributed by atoms with E-state index in [0.29, 0.717) is 18.9 Å². The van der Waals surface area contributed by atoms with Crippen LogP contribution in [0.3, 0.4) is 0 Å². The van der Waals surface area contributed by atoms with Gasteiger partial charge in [0.1, 0.15) is 11.7 Å². The molecule has 10 nitrogen and oxygen atoms in total. The van der Waals surface area contributed by atoms with Gasteiger partial charge in [0, 0.05) is 36.9 Å². The van der Waals surface area contributed by atoms with Gasteiger partial charge >= 0.3 is 6.09 Å². The molecule has 2 heterocycles. The molecule has 2 aromatic heterocycles. The first-order valence-electron chi connectivity index (χ1n) is 12.9. The number of allylic oxidation sites excluding steroid dienone is 1. The number of carbonyl (C=O) groups is 3. The molecule has 0 bridgehead atoms. The Kier molecular flexibility index (Phi) is 10.1. The third-order valence-electron chi connectivity index (χ3n) is 6.17. The van der Waals surface area contributed by atoms with Gasteiger partial charge in [-0.05, 0) is 61.1 Å². The molecule has 0 aliphatic rings. The van der Waals surface area contributed by atoms with E-state index in [9.17, 15) is 19.2 Å². The number of aromatic amines is 1. The molecule has 0 radical (unpaired) electrons. The Hall–Kier alpha value is -4.34. The molecule has 1 atom stereocenters. The summed E-state index contributed by atoms with van der Waals surface area (Å²) in [6.45, 7) is 4.66. The average Bonchev–Trinajstić information content (AvgIpc) is 3.31. The fourth-order valence-corrected chi connectivity index (χ4v) is 4.20. The largest absolute Gasteiger partial charge is 0.453 e. The maximum absolute atomic E-state index is 13.2. The van der Waals surface area contributed by atoms with Crippen molar-refractivity contribution in [2.45, 2.75) is 45.7 Å². The highest BCUT2D eigenvalue weighted by atomic mass is 16.5. The normalized spacial score (nSPS) is 12.1. The number of H-pyrrole nitrogens is 1. The van der Waals surface area contributed by atoms with Crippen LogP contribution < -0.4 is 16.2 Å². The van der Waals surface area contributed by atoms with E-state index in [1.54, 1.807) is 32.4 Å². The van der Waals surface area contributed by atoms with Crippen LogP contribution in [0.2, 0.25) is 0 Å². The number of anilines is 1. The Labute approximate surface area is 228 Å². The number of rotatable bonds is 11. The van der Waals surface area contributed by atoms with E-state index in [4.69, 9.17) is 0 Å². The molecule has 3 aromatic rings. The summed E-state index contributed by atoms with van der Waals surface area (Å²) in [6.07, 6.45) is 5.42. The van der Waals surface area contributed by atoms with E-state index in [1.165, 1.54) is 34.3 Å². The monoisotopic (exact) mass is 535 g/mol. The van der Waals surface area contributed by atoms with Crippen LogP contribution in [0.1, 0.15) is 37.9 Å². The number of hydrogen-bond acceptors (Lipinski definition) is 5. The first-order valence-corrected chi connectivity index (χ1v) is 12.9. The SMILES string of the molecule is COC(=O)NC(CC/C=C/C(=O)N(C)C)C(=O)Nc1cccn(Cc2cc3c(CC(C)C)cccc3[nH]2)c1=O. The van der Waals surface area contributed by atoms with Crippen molar-refractivity contribution < 1.29 is 19.1 Å². The Bertz CT molecular complexity index is 1400. The van der Waals surface area contributed by atoms with E-state index >= 15 is 0 Å². The van der Waals surface area contributed by atoms with Crippen molar-refractivity contribution in [3.8, 4) is 0 Å². The predicted octanol–water partition coefficient (Wildman–Crippen LogP) is 3.66. The molecule has 3 N–H and O–H groups in total. The van der Waals surface area contributed by atoms with Gasteiger partial charge in [-0.2, -0.15) is 0 Å². The number of nitrogens with one attached hydrogen (secondary N) is 3. The third-order valence-corrected chi connectivity index (χ3v) is 6.17. The second kappa shape index (κ2) is 13.5. The second-order valence-corrected chi connectivity index (χ2v) is 10.0. The van der Waals surface area contributed by atoms with Crippen molar-refractivity contribution >= 4 is 34.5 Å². The fourth-order valence-electron chi connectivity index (χ4n) is 4.20. The minimum Gasteiger partial charge on any atom is -0.453 e. The molecule has 0 spiro atoms. The minimum absolute atomic E-state index is 0.0918. The summed E-state index contributed by atoms with van der Waals surface area (Å²) in [5, 5.41) is 6.26. The van der Waals surface area contributed by atoms with Gasteiger partial charge in [0.15, 0.2) is 0 Å². The molecule has 3 amide bonds. The van der Waals surface area contributed by atoms with Crippen LogP contribution in [-0.4, -0.2) is 59.6 Å². The number of pyridine rings is 1. The Morgan fingerprint density at radius 2 is 1.92 bits per heavy atom. The maximum Gasteiger partial charge on any atom is 0.407 e. The number of ether oxygens (including phenoxy) is 1. The van der Waals surface area contributed by atoms with E-state index in [-0.39, 0.29) is 23.6 Å². The lowest BCUT2D eigenvalue weighted by Crippen LogP contribution is -2.44. The molecule has 208 valence electrons. The number of benzene rings is 1. The van der Waals surface area contributed by atoms with Gasteiger partial charge in [0.2, 0.25) is 11.8 Å². The molecular weight excluding hydrogens is 498 g/mol. The number of methoxy groups -OCH3 is 1. The molecule has 0 saturated carbocycles. The Morgan fingerprint density at radius 1 is 1.15 bits per heavy atom. The fraction of sp³-hybridized carbons (Fsp3) is 0.379. The van der Waals surface area contributed by atoms with Crippen LogP contribution in [0.15, 0.2) is 59.5 Å². The van der Waals surface area contributed by atoms with Crippen LogP contribution >= 0.6 is 0 Å². The van der Waals surface area contributed by atoms with Crippen LogP contribution in [0.5, 0.6) is 0 Å².